The number of hydrogen-bond donors (Lipinski definition) is 1. The van der Waals surface area contributed by atoms with Crippen molar-refractivity contribution in [1.29, 1.82) is 0 Å². The maximum Gasteiger partial charge on any atom is 0.294 e. The van der Waals surface area contributed by atoms with Crippen molar-refractivity contribution < 1.29 is 28.6 Å². The summed E-state index contributed by atoms with van der Waals surface area (Å²) in [6.45, 7) is 2.36. The third-order valence-corrected chi connectivity index (χ3v) is 6.06. The number of ketones is 1. The maximum absolute atomic E-state index is 13.7. The number of methoxy groups -OCH3 is 1. The molecule has 0 aliphatic carbocycles. The van der Waals surface area contributed by atoms with Crippen LogP contribution in [0.25, 0.3) is 11.0 Å². The summed E-state index contributed by atoms with van der Waals surface area (Å²) in [5.74, 6) is -1.14. The molecule has 0 radical (unpaired) electrons. The molecule has 0 saturated carbocycles. The molecule has 1 unspecified atom stereocenters. The summed E-state index contributed by atoms with van der Waals surface area (Å²) in [5, 5.41) is 11.9. The highest BCUT2D eigenvalue weighted by molar-refractivity contribution is 6.31. The molecule has 36 heavy (non-hydrogen) atoms. The van der Waals surface area contributed by atoms with Crippen LogP contribution in [0.2, 0.25) is 5.02 Å². The minimum Gasteiger partial charge on any atom is -0.503 e. The molecule has 182 valence electrons. The van der Waals surface area contributed by atoms with E-state index in [0.29, 0.717) is 45.5 Å². The number of carbonyl (C=O) groups excluding carboxylic acids is 2. The third kappa shape index (κ3) is 3.95. The molecule has 3 heterocycles. The Morgan fingerprint density at radius 1 is 1.17 bits per heavy atom. The number of aromatic nitrogens is 1. The van der Waals surface area contributed by atoms with E-state index < -0.39 is 23.5 Å². The molecular weight excluding hydrogens is 484 g/mol. The van der Waals surface area contributed by atoms with Crippen molar-refractivity contribution in [3.05, 3.63) is 94.7 Å². The lowest BCUT2D eigenvalue weighted by Crippen LogP contribution is -2.31. The third-order valence-electron chi connectivity index (χ3n) is 5.84. The molecule has 1 aliphatic rings. The average molecular weight is 505 g/mol. The van der Waals surface area contributed by atoms with Gasteiger partial charge in [-0.3, -0.25) is 19.5 Å². The van der Waals surface area contributed by atoms with Crippen LogP contribution in [-0.4, -0.2) is 35.5 Å². The number of carbonyl (C=O) groups is 2. The van der Waals surface area contributed by atoms with E-state index in [1.165, 1.54) is 18.1 Å². The molecule has 4 aromatic rings. The lowest BCUT2D eigenvalue weighted by Gasteiger charge is -2.26. The molecule has 9 heteroatoms. The van der Waals surface area contributed by atoms with E-state index in [4.69, 9.17) is 25.5 Å². The normalized spacial score (nSPS) is 15.6. The quantitative estimate of drug-likeness (QED) is 0.323. The van der Waals surface area contributed by atoms with E-state index in [9.17, 15) is 14.7 Å². The predicted molar refractivity (Wildman–Crippen MR) is 134 cm³/mol. The first-order valence-electron chi connectivity index (χ1n) is 11.1. The first kappa shape index (κ1) is 23.4. The van der Waals surface area contributed by atoms with Crippen LogP contribution in [0.4, 0.5) is 5.69 Å². The predicted octanol–water partition coefficient (Wildman–Crippen LogP) is 5.67. The number of benzene rings is 2. The monoisotopic (exact) mass is 504 g/mol. The maximum atomic E-state index is 13.7. The molecule has 1 aliphatic heterocycles. The lowest BCUT2D eigenvalue weighted by atomic mass is 9.98. The molecule has 0 spiro atoms. The number of anilines is 1. The van der Waals surface area contributed by atoms with E-state index in [1.807, 2.05) is 6.92 Å². The van der Waals surface area contributed by atoms with Crippen LogP contribution < -0.4 is 14.4 Å². The van der Waals surface area contributed by atoms with Crippen LogP contribution in [-0.2, 0) is 4.79 Å². The van der Waals surface area contributed by atoms with E-state index in [1.54, 1.807) is 60.8 Å². The molecule has 1 N–H and O–H groups in total. The Kier molecular flexibility index (Phi) is 6.12. The van der Waals surface area contributed by atoms with Gasteiger partial charge in [-0.15, -0.1) is 0 Å². The van der Waals surface area contributed by atoms with Gasteiger partial charge in [-0.25, -0.2) is 0 Å². The van der Waals surface area contributed by atoms with Gasteiger partial charge >= 0.3 is 0 Å². The summed E-state index contributed by atoms with van der Waals surface area (Å²) >= 11 is 6.16. The summed E-state index contributed by atoms with van der Waals surface area (Å²) in [6, 6.07) is 15.7. The highest BCUT2D eigenvalue weighted by Gasteiger charge is 2.46. The number of furan rings is 1. The minimum atomic E-state index is -0.983. The average Bonchev–Trinajstić information content (AvgIpc) is 3.43. The molecule has 8 nitrogen and oxygen atoms in total. The van der Waals surface area contributed by atoms with E-state index >= 15 is 0 Å². The van der Waals surface area contributed by atoms with Crippen molar-refractivity contribution in [2.24, 2.45) is 0 Å². The van der Waals surface area contributed by atoms with Gasteiger partial charge in [0.25, 0.3) is 5.91 Å². The van der Waals surface area contributed by atoms with Gasteiger partial charge < -0.3 is 19.0 Å². The second-order valence-corrected chi connectivity index (χ2v) is 8.42. The zero-order chi connectivity index (χ0) is 25.4. The van der Waals surface area contributed by atoms with E-state index in [0.717, 1.165) is 0 Å². The molecule has 0 bridgehead atoms. The van der Waals surface area contributed by atoms with Crippen LogP contribution >= 0.6 is 11.6 Å². The Bertz CT molecular complexity index is 1490. The number of hydrogen-bond acceptors (Lipinski definition) is 7. The number of amides is 1. The fourth-order valence-corrected chi connectivity index (χ4v) is 4.49. The molecule has 0 saturated heterocycles. The van der Waals surface area contributed by atoms with Crippen molar-refractivity contribution in [2.45, 2.75) is 13.0 Å². The number of aliphatic hydroxyl groups is 1. The molecule has 2 aromatic heterocycles. The zero-order valence-electron chi connectivity index (χ0n) is 19.4. The van der Waals surface area contributed by atoms with Crippen LogP contribution in [0.5, 0.6) is 11.5 Å². The van der Waals surface area contributed by atoms with E-state index in [-0.39, 0.29) is 11.3 Å². The van der Waals surface area contributed by atoms with Crippen molar-refractivity contribution in [1.82, 2.24) is 4.98 Å². The van der Waals surface area contributed by atoms with Crippen molar-refractivity contribution >= 4 is 39.9 Å². The number of aliphatic hydroxyl groups excluding tert-OH is 1. The van der Waals surface area contributed by atoms with Crippen molar-refractivity contribution in [2.75, 3.05) is 18.6 Å². The largest absolute Gasteiger partial charge is 0.503 e. The summed E-state index contributed by atoms with van der Waals surface area (Å²) in [7, 11) is 1.46. The molecule has 5 rings (SSSR count). The first-order valence-corrected chi connectivity index (χ1v) is 11.5. The highest BCUT2D eigenvalue weighted by Crippen LogP contribution is 2.42. The Balaban J connectivity index is 1.62. The molecule has 1 atom stereocenters. The number of ether oxygens (including phenoxy) is 2. The second-order valence-electron chi connectivity index (χ2n) is 7.99. The summed E-state index contributed by atoms with van der Waals surface area (Å²) in [4.78, 5) is 32.8. The van der Waals surface area contributed by atoms with Gasteiger partial charge in [-0.05, 0) is 55.5 Å². The SMILES string of the molecule is CCOc1ccc(N2C(=O)C(O)=C(C(=O)c3cc4cc(Cl)cc(OC)c4o3)C2c2ccccn2)cc1. The number of Topliss-reactive ketones (excluding diaryl/α,β-unsaturated/α-hetero) is 1. The standard InChI is InChI=1S/C27H21ClN2O6/c1-3-35-18-9-7-17(8-10-18)30-23(19-6-4-5-11-29-19)22(25(32)27(30)33)24(31)20-13-15-12-16(28)14-21(34-2)26(15)36-20/h4-14,23,32H,3H2,1-2H3. The van der Waals surface area contributed by atoms with Gasteiger partial charge in [0, 0.05) is 28.4 Å². The smallest absolute Gasteiger partial charge is 0.294 e. The summed E-state index contributed by atoms with van der Waals surface area (Å²) in [5.41, 5.74) is 1.06. The van der Waals surface area contributed by atoms with Crippen LogP contribution in [0.1, 0.15) is 29.2 Å². The molecule has 1 amide bonds. The van der Waals surface area contributed by atoms with Gasteiger partial charge in [0.05, 0.1) is 25.0 Å². The number of fused-ring (bicyclic) bond motifs is 1. The number of nitrogens with zero attached hydrogens (tertiary/aromatic N) is 2. The highest BCUT2D eigenvalue weighted by atomic mass is 35.5. The summed E-state index contributed by atoms with van der Waals surface area (Å²) < 4.78 is 16.6. The Labute approximate surface area is 211 Å². The van der Waals surface area contributed by atoms with Gasteiger partial charge in [0.15, 0.2) is 22.9 Å². The molecule has 2 aromatic carbocycles. The molecular formula is C27H21ClN2O6. The number of pyridine rings is 1. The number of rotatable bonds is 7. The first-order chi connectivity index (χ1) is 17.4. The van der Waals surface area contributed by atoms with Crippen LogP contribution in [0.15, 0.2) is 82.6 Å². The van der Waals surface area contributed by atoms with Gasteiger partial charge in [0.1, 0.15) is 11.8 Å². The van der Waals surface area contributed by atoms with Gasteiger partial charge in [0.2, 0.25) is 5.78 Å². The number of halogens is 1. The fourth-order valence-electron chi connectivity index (χ4n) is 4.27. The Morgan fingerprint density at radius 2 is 1.94 bits per heavy atom. The lowest BCUT2D eigenvalue weighted by molar-refractivity contribution is -0.117. The molecule has 0 fully saturated rings. The topological polar surface area (TPSA) is 102 Å². The van der Waals surface area contributed by atoms with Crippen molar-refractivity contribution in [3.63, 3.8) is 0 Å². The van der Waals surface area contributed by atoms with E-state index in [2.05, 4.69) is 4.98 Å². The zero-order valence-corrected chi connectivity index (χ0v) is 20.2. The minimum absolute atomic E-state index is 0.0746. The Morgan fingerprint density at radius 3 is 2.61 bits per heavy atom. The van der Waals surface area contributed by atoms with Gasteiger partial charge in [-0.2, -0.15) is 0 Å². The fraction of sp³-hybridized carbons (Fsp3) is 0.148. The van der Waals surface area contributed by atoms with Crippen LogP contribution in [0.3, 0.4) is 0 Å². The van der Waals surface area contributed by atoms with Gasteiger partial charge in [-0.1, -0.05) is 17.7 Å². The van der Waals surface area contributed by atoms with Crippen molar-refractivity contribution in [3.8, 4) is 11.5 Å². The Hall–Kier alpha value is -4.30. The van der Waals surface area contributed by atoms with Crippen LogP contribution in [0, 0.1) is 0 Å². The summed E-state index contributed by atoms with van der Waals surface area (Å²) in [6.07, 6.45) is 1.56. The second kappa shape index (κ2) is 9.39.